The highest BCUT2D eigenvalue weighted by atomic mass is 79.9. The molecule has 0 radical (unpaired) electrons. The molecule has 0 spiro atoms. The average Bonchev–Trinajstić information content (AvgIpc) is 2.89. The van der Waals surface area contributed by atoms with Gasteiger partial charge in [0.2, 0.25) is 0 Å². The lowest BCUT2D eigenvalue weighted by molar-refractivity contribution is -0.118. The van der Waals surface area contributed by atoms with Crippen molar-refractivity contribution in [2.45, 2.75) is 6.92 Å². The standard InChI is InChI=1S/C27H23BrFN3O5/c1-3-36-20-10-8-19(9-11-20)31-27(34)18(15-30)12-17-13-21(28)26(24(14-17)35-2)37-16-25(33)32-23-7-5-4-6-22(23)29/h4-14H,3,16H2,1-2H3,(H,31,34)(H,32,33)/b18-12+. The number of rotatable bonds is 10. The molecule has 3 rings (SSSR count). The summed E-state index contributed by atoms with van der Waals surface area (Å²) in [7, 11) is 1.41. The number of nitrogens with one attached hydrogen (secondary N) is 2. The Hall–Kier alpha value is -4.36. The van der Waals surface area contributed by atoms with Gasteiger partial charge >= 0.3 is 0 Å². The van der Waals surface area contributed by atoms with E-state index in [2.05, 4.69) is 26.6 Å². The van der Waals surface area contributed by atoms with E-state index in [1.165, 1.54) is 31.4 Å². The number of hydrogen-bond acceptors (Lipinski definition) is 6. The first kappa shape index (κ1) is 27.2. The van der Waals surface area contributed by atoms with Crippen LogP contribution in [0.3, 0.4) is 0 Å². The number of hydrogen-bond donors (Lipinski definition) is 2. The molecular formula is C27H23BrFN3O5. The Bertz CT molecular complexity index is 1350. The minimum Gasteiger partial charge on any atom is -0.494 e. The smallest absolute Gasteiger partial charge is 0.266 e. The van der Waals surface area contributed by atoms with Gasteiger partial charge in [0.1, 0.15) is 23.2 Å². The first-order valence-electron chi connectivity index (χ1n) is 11.0. The number of carbonyl (C=O) groups is 2. The van der Waals surface area contributed by atoms with E-state index in [9.17, 15) is 19.2 Å². The Morgan fingerprint density at radius 2 is 1.81 bits per heavy atom. The quantitative estimate of drug-likeness (QED) is 0.245. The van der Waals surface area contributed by atoms with E-state index in [0.29, 0.717) is 28.1 Å². The number of halogens is 2. The molecule has 0 aliphatic rings. The van der Waals surface area contributed by atoms with Gasteiger partial charge in [-0.05, 0) is 83.0 Å². The lowest BCUT2D eigenvalue weighted by atomic mass is 10.1. The lowest BCUT2D eigenvalue weighted by Gasteiger charge is -2.14. The number of nitriles is 1. The molecule has 0 fully saturated rings. The predicted molar refractivity (Wildman–Crippen MR) is 141 cm³/mol. The van der Waals surface area contributed by atoms with Crippen molar-refractivity contribution in [2.24, 2.45) is 0 Å². The molecule has 0 saturated heterocycles. The van der Waals surface area contributed by atoms with Crippen LogP contribution in [0.25, 0.3) is 6.08 Å². The zero-order valence-electron chi connectivity index (χ0n) is 20.0. The van der Waals surface area contributed by atoms with Gasteiger partial charge in [0.15, 0.2) is 18.1 Å². The van der Waals surface area contributed by atoms with Gasteiger partial charge in [-0.1, -0.05) is 12.1 Å². The topological polar surface area (TPSA) is 110 Å². The molecule has 0 saturated carbocycles. The third-order valence-electron chi connectivity index (χ3n) is 4.85. The zero-order chi connectivity index (χ0) is 26.8. The monoisotopic (exact) mass is 567 g/mol. The number of anilines is 2. The van der Waals surface area contributed by atoms with Crippen LogP contribution in [0.15, 0.2) is 70.7 Å². The number of amides is 2. The zero-order valence-corrected chi connectivity index (χ0v) is 21.6. The van der Waals surface area contributed by atoms with Gasteiger partial charge in [0, 0.05) is 5.69 Å². The van der Waals surface area contributed by atoms with E-state index in [0.717, 1.165) is 0 Å². The van der Waals surface area contributed by atoms with E-state index in [-0.39, 0.29) is 22.8 Å². The second kappa shape index (κ2) is 13.1. The second-order valence-electron chi connectivity index (χ2n) is 7.43. The van der Waals surface area contributed by atoms with Crippen LogP contribution >= 0.6 is 15.9 Å². The third-order valence-corrected chi connectivity index (χ3v) is 5.44. The molecule has 2 amide bonds. The fourth-order valence-electron chi connectivity index (χ4n) is 3.16. The lowest BCUT2D eigenvalue weighted by Crippen LogP contribution is -2.21. The molecule has 0 unspecified atom stereocenters. The van der Waals surface area contributed by atoms with Crippen molar-refractivity contribution in [2.75, 3.05) is 31.0 Å². The van der Waals surface area contributed by atoms with Gasteiger partial charge in [-0.25, -0.2) is 4.39 Å². The molecular weight excluding hydrogens is 545 g/mol. The summed E-state index contributed by atoms with van der Waals surface area (Å²) in [5, 5.41) is 14.7. The fourth-order valence-corrected chi connectivity index (χ4v) is 3.74. The molecule has 0 aromatic heterocycles. The number of ether oxygens (including phenoxy) is 3. The molecule has 0 heterocycles. The second-order valence-corrected chi connectivity index (χ2v) is 8.29. The van der Waals surface area contributed by atoms with Crippen molar-refractivity contribution in [1.29, 1.82) is 5.26 Å². The maximum Gasteiger partial charge on any atom is 0.266 e. The summed E-state index contributed by atoms with van der Waals surface area (Å²) in [6, 6.07) is 17.6. The average molecular weight is 568 g/mol. The van der Waals surface area contributed by atoms with Gasteiger partial charge in [-0.15, -0.1) is 0 Å². The van der Waals surface area contributed by atoms with Gasteiger partial charge in [0.05, 0.1) is 23.9 Å². The van der Waals surface area contributed by atoms with Crippen molar-refractivity contribution in [3.8, 4) is 23.3 Å². The fraction of sp³-hybridized carbons (Fsp3) is 0.148. The van der Waals surface area contributed by atoms with Crippen molar-refractivity contribution >= 4 is 45.2 Å². The molecule has 8 nitrogen and oxygen atoms in total. The van der Waals surface area contributed by atoms with Gasteiger partial charge in [-0.3, -0.25) is 9.59 Å². The molecule has 37 heavy (non-hydrogen) atoms. The number of para-hydroxylation sites is 1. The van der Waals surface area contributed by atoms with Crippen LogP contribution < -0.4 is 24.8 Å². The number of carbonyl (C=O) groups excluding carboxylic acids is 2. The number of nitrogens with zero attached hydrogens (tertiary/aromatic N) is 1. The minimum atomic E-state index is -0.591. The van der Waals surface area contributed by atoms with Crippen molar-refractivity contribution in [1.82, 2.24) is 0 Å². The molecule has 2 N–H and O–H groups in total. The normalized spacial score (nSPS) is 10.7. The van der Waals surface area contributed by atoms with Crippen LogP contribution in [0, 0.1) is 17.1 Å². The number of benzene rings is 3. The maximum absolute atomic E-state index is 13.8. The van der Waals surface area contributed by atoms with Crippen LogP contribution in [-0.4, -0.2) is 32.1 Å². The molecule has 0 bridgehead atoms. The first-order chi connectivity index (χ1) is 17.8. The molecule has 0 atom stereocenters. The molecule has 0 aliphatic carbocycles. The Labute approximate surface area is 221 Å². The Kier molecular flexibility index (Phi) is 9.63. The van der Waals surface area contributed by atoms with Crippen LogP contribution in [0.2, 0.25) is 0 Å². The Morgan fingerprint density at radius 3 is 2.46 bits per heavy atom. The van der Waals surface area contributed by atoms with Gasteiger partial charge < -0.3 is 24.8 Å². The molecule has 3 aromatic carbocycles. The van der Waals surface area contributed by atoms with Crippen molar-refractivity contribution < 1.29 is 28.2 Å². The number of methoxy groups -OCH3 is 1. The van der Waals surface area contributed by atoms with E-state index >= 15 is 0 Å². The largest absolute Gasteiger partial charge is 0.494 e. The summed E-state index contributed by atoms with van der Waals surface area (Å²) in [5.74, 6) is -0.581. The van der Waals surface area contributed by atoms with Crippen LogP contribution in [-0.2, 0) is 9.59 Å². The van der Waals surface area contributed by atoms with Crippen molar-refractivity contribution in [3.63, 3.8) is 0 Å². The Balaban J connectivity index is 1.72. The highest BCUT2D eigenvalue weighted by molar-refractivity contribution is 9.10. The Morgan fingerprint density at radius 1 is 1.08 bits per heavy atom. The van der Waals surface area contributed by atoms with E-state index < -0.39 is 24.2 Å². The summed E-state index contributed by atoms with van der Waals surface area (Å²) >= 11 is 3.37. The molecule has 190 valence electrons. The molecule has 3 aromatic rings. The summed E-state index contributed by atoms with van der Waals surface area (Å²) in [5.41, 5.74) is 0.881. The van der Waals surface area contributed by atoms with Crippen LogP contribution in [0.4, 0.5) is 15.8 Å². The highest BCUT2D eigenvalue weighted by Gasteiger charge is 2.16. The van der Waals surface area contributed by atoms with Crippen LogP contribution in [0.1, 0.15) is 12.5 Å². The highest BCUT2D eigenvalue weighted by Crippen LogP contribution is 2.37. The molecule has 10 heteroatoms. The predicted octanol–water partition coefficient (Wildman–Crippen LogP) is 5.56. The van der Waals surface area contributed by atoms with E-state index in [1.54, 1.807) is 42.5 Å². The van der Waals surface area contributed by atoms with Crippen molar-refractivity contribution in [3.05, 3.63) is 82.1 Å². The summed E-state index contributed by atoms with van der Waals surface area (Å²) in [6.07, 6.45) is 1.39. The summed E-state index contributed by atoms with van der Waals surface area (Å²) < 4.78 is 30.5. The molecule has 0 aliphatic heterocycles. The van der Waals surface area contributed by atoms with Gasteiger partial charge in [0.25, 0.3) is 11.8 Å². The SMILES string of the molecule is CCOc1ccc(NC(=O)/C(C#N)=C/c2cc(Br)c(OCC(=O)Nc3ccccc3F)c(OC)c2)cc1. The summed E-state index contributed by atoms with van der Waals surface area (Å²) in [6.45, 7) is 1.99. The maximum atomic E-state index is 13.8. The van der Waals surface area contributed by atoms with Gasteiger partial charge in [-0.2, -0.15) is 5.26 Å². The first-order valence-corrected chi connectivity index (χ1v) is 11.8. The summed E-state index contributed by atoms with van der Waals surface area (Å²) in [4.78, 5) is 24.9. The van der Waals surface area contributed by atoms with Crippen LogP contribution in [0.5, 0.6) is 17.2 Å². The van der Waals surface area contributed by atoms with E-state index in [1.807, 2.05) is 13.0 Å². The minimum absolute atomic E-state index is 0.0372. The third kappa shape index (κ3) is 7.56. The van der Waals surface area contributed by atoms with E-state index in [4.69, 9.17) is 14.2 Å².